The van der Waals surface area contributed by atoms with E-state index in [1.165, 1.54) is 17.0 Å². The van der Waals surface area contributed by atoms with E-state index in [1.807, 2.05) is 0 Å². The number of carbonyl (C=O) groups is 2. The maximum absolute atomic E-state index is 12.1. The van der Waals surface area contributed by atoms with Crippen LogP contribution in [0.15, 0.2) is 18.2 Å². The minimum absolute atomic E-state index is 0.0699. The first kappa shape index (κ1) is 12.2. The molecule has 0 saturated carbocycles. The van der Waals surface area contributed by atoms with Crippen molar-refractivity contribution in [1.82, 2.24) is 9.80 Å². The predicted molar refractivity (Wildman–Crippen MR) is 66.1 cm³/mol. The highest BCUT2D eigenvalue weighted by Crippen LogP contribution is 2.21. The number of benzene rings is 1. The third-order valence-electron chi connectivity index (χ3n) is 3.02. The van der Waals surface area contributed by atoms with Crippen LogP contribution in [-0.4, -0.2) is 53.4 Å². The summed E-state index contributed by atoms with van der Waals surface area (Å²) in [5.41, 5.74) is 6.03. The maximum atomic E-state index is 12.1. The first-order valence-corrected chi connectivity index (χ1v) is 5.61. The molecule has 1 aromatic rings. The van der Waals surface area contributed by atoms with Crippen LogP contribution in [0.5, 0.6) is 5.75 Å². The average molecular weight is 249 g/mol. The summed E-state index contributed by atoms with van der Waals surface area (Å²) in [5.74, 6) is -0.484. The lowest BCUT2D eigenvalue weighted by Crippen LogP contribution is -2.50. The molecule has 1 saturated heterocycles. The third-order valence-corrected chi connectivity index (χ3v) is 3.02. The van der Waals surface area contributed by atoms with Gasteiger partial charge in [0.25, 0.3) is 5.91 Å². The van der Waals surface area contributed by atoms with Gasteiger partial charge >= 0.3 is 0 Å². The van der Waals surface area contributed by atoms with Gasteiger partial charge < -0.3 is 20.6 Å². The molecular weight excluding hydrogens is 234 g/mol. The van der Waals surface area contributed by atoms with Crippen molar-refractivity contribution in [3.63, 3.8) is 0 Å². The molecule has 96 valence electrons. The number of rotatable bonds is 1. The molecule has 2 amide bonds. The molecule has 0 spiro atoms. The van der Waals surface area contributed by atoms with Crippen molar-refractivity contribution in [1.29, 1.82) is 0 Å². The number of likely N-dealkylation sites (N-methyl/N-ethyl adjacent to an activating group) is 1. The molecule has 1 aromatic carbocycles. The van der Waals surface area contributed by atoms with E-state index in [9.17, 15) is 14.7 Å². The van der Waals surface area contributed by atoms with Crippen LogP contribution >= 0.6 is 0 Å². The lowest BCUT2D eigenvalue weighted by Gasteiger charge is -2.32. The van der Waals surface area contributed by atoms with Gasteiger partial charge in [0.05, 0.1) is 5.69 Å². The summed E-state index contributed by atoms with van der Waals surface area (Å²) in [7, 11) is 1.71. The van der Waals surface area contributed by atoms with Gasteiger partial charge in [0.15, 0.2) is 0 Å². The molecule has 0 radical (unpaired) electrons. The Morgan fingerprint density at radius 1 is 1.39 bits per heavy atom. The highest BCUT2D eigenvalue weighted by Gasteiger charge is 2.25. The van der Waals surface area contributed by atoms with E-state index in [1.54, 1.807) is 18.0 Å². The zero-order valence-electron chi connectivity index (χ0n) is 10.1. The molecule has 0 aromatic heterocycles. The fourth-order valence-electron chi connectivity index (χ4n) is 1.79. The summed E-state index contributed by atoms with van der Waals surface area (Å²) in [5, 5.41) is 9.47. The second-order valence-corrected chi connectivity index (χ2v) is 4.32. The number of anilines is 1. The van der Waals surface area contributed by atoms with Crippen molar-refractivity contribution in [3.05, 3.63) is 23.8 Å². The quantitative estimate of drug-likeness (QED) is 0.537. The second kappa shape index (κ2) is 4.56. The molecule has 0 bridgehead atoms. The SMILES string of the molecule is CN1CCN(C(=O)c2ccc(N)c(O)c2)CC1=O. The van der Waals surface area contributed by atoms with Gasteiger partial charge in [-0.05, 0) is 18.2 Å². The molecule has 18 heavy (non-hydrogen) atoms. The Morgan fingerprint density at radius 3 is 2.72 bits per heavy atom. The molecule has 1 heterocycles. The fourth-order valence-corrected chi connectivity index (χ4v) is 1.79. The van der Waals surface area contributed by atoms with Crippen molar-refractivity contribution in [2.24, 2.45) is 0 Å². The van der Waals surface area contributed by atoms with Crippen LogP contribution in [0.1, 0.15) is 10.4 Å². The zero-order chi connectivity index (χ0) is 13.3. The van der Waals surface area contributed by atoms with Gasteiger partial charge in [0.2, 0.25) is 5.91 Å². The summed E-state index contributed by atoms with van der Waals surface area (Å²) < 4.78 is 0. The van der Waals surface area contributed by atoms with Crippen molar-refractivity contribution in [2.45, 2.75) is 0 Å². The first-order valence-electron chi connectivity index (χ1n) is 5.61. The summed E-state index contributed by atoms with van der Waals surface area (Å²) in [6, 6.07) is 4.33. The van der Waals surface area contributed by atoms with E-state index in [-0.39, 0.29) is 29.8 Å². The molecular formula is C12H15N3O3. The lowest BCUT2D eigenvalue weighted by molar-refractivity contribution is -0.133. The zero-order valence-corrected chi connectivity index (χ0v) is 10.1. The van der Waals surface area contributed by atoms with Gasteiger partial charge in [-0.3, -0.25) is 9.59 Å². The summed E-state index contributed by atoms with van der Waals surface area (Å²) >= 11 is 0. The normalized spacial score (nSPS) is 15.9. The molecule has 2 rings (SSSR count). The van der Waals surface area contributed by atoms with Gasteiger partial charge in [0, 0.05) is 25.7 Å². The number of hydrogen-bond donors (Lipinski definition) is 2. The highest BCUT2D eigenvalue weighted by molar-refractivity contribution is 5.97. The monoisotopic (exact) mass is 249 g/mol. The minimum atomic E-state index is -0.272. The Bertz CT molecular complexity index is 501. The summed E-state index contributed by atoms with van der Waals surface area (Å²) in [4.78, 5) is 26.7. The van der Waals surface area contributed by atoms with Gasteiger partial charge in [-0.25, -0.2) is 0 Å². The molecule has 6 heteroatoms. The molecule has 1 fully saturated rings. The molecule has 1 aliphatic rings. The van der Waals surface area contributed by atoms with E-state index < -0.39 is 0 Å². The Labute approximate surface area is 105 Å². The van der Waals surface area contributed by atoms with E-state index in [4.69, 9.17) is 5.73 Å². The third kappa shape index (κ3) is 2.22. The van der Waals surface area contributed by atoms with Crippen LogP contribution in [0.2, 0.25) is 0 Å². The van der Waals surface area contributed by atoms with E-state index in [2.05, 4.69) is 0 Å². The number of nitrogen functional groups attached to an aromatic ring is 1. The van der Waals surface area contributed by atoms with Crippen molar-refractivity contribution < 1.29 is 14.7 Å². The Balaban J connectivity index is 2.16. The van der Waals surface area contributed by atoms with E-state index in [0.29, 0.717) is 18.7 Å². The van der Waals surface area contributed by atoms with E-state index >= 15 is 0 Å². The van der Waals surface area contributed by atoms with Crippen LogP contribution in [0, 0.1) is 0 Å². The number of phenolic OH excluding ortho intramolecular Hbond substituents is 1. The predicted octanol–water partition coefficient (Wildman–Crippen LogP) is -0.111. The first-order chi connectivity index (χ1) is 8.49. The smallest absolute Gasteiger partial charge is 0.254 e. The topological polar surface area (TPSA) is 86.9 Å². The number of phenols is 1. The fraction of sp³-hybridized carbons (Fsp3) is 0.333. The molecule has 3 N–H and O–H groups in total. The number of nitrogens with zero attached hydrogens (tertiary/aromatic N) is 2. The van der Waals surface area contributed by atoms with Crippen molar-refractivity contribution in [3.8, 4) is 5.75 Å². The molecule has 0 aliphatic carbocycles. The van der Waals surface area contributed by atoms with E-state index in [0.717, 1.165) is 0 Å². The number of piperazine rings is 1. The molecule has 6 nitrogen and oxygen atoms in total. The van der Waals surface area contributed by atoms with Gasteiger partial charge in [-0.15, -0.1) is 0 Å². The number of hydrogen-bond acceptors (Lipinski definition) is 4. The number of aromatic hydroxyl groups is 1. The second-order valence-electron chi connectivity index (χ2n) is 4.32. The van der Waals surface area contributed by atoms with Crippen molar-refractivity contribution >= 4 is 17.5 Å². The minimum Gasteiger partial charge on any atom is -0.506 e. The maximum Gasteiger partial charge on any atom is 0.254 e. The number of amides is 2. The van der Waals surface area contributed by atoms with Crippen molar-refractivity contribution in [2.75, 3.05) is 32.4 Å². The lowest BCUT2D eigenvalue weighted by atomic mass is 10.1. The number of nitrogens with two attached hydrogens (primary N) is 1. The summed E-state index contributed by atoms with van der Waals surface area (Å²) in [6.07, 6.45) is 0. The van der Waals surface area contributed by atoms with Gasteiger partial charge in [0.1, 0.15) is 12.3 Å². The highest BCUT2D eigenvalue weighted by atomic mass is 16.3. The molecule has 1 aliphatic heterocycles. The molecule has 0 unspecified atom stereocenters. The Hall–Kier alpha value is -2.24. The van der Waals surface area contributed by atoms with Crippen LogP contribution in [0.4, 0.5) is 5.69 Å². The largest absolute Gasteiger partial charge is 0.506 e. The van der Waals surface area contributed by atoms with Crippen LogP contribution in [0.25, 0.3) is 0 Å². The van der Waals surface area contributed by atoms with Gasteiger partial charge in [-0.2, -0.15) is 0 Å². The van der Waals surface area contributed by atoms with Crippen LogP contribution in [0.3, 0.4) is 0 Å². The molecule has 0 atom stereocenters. The summed E-state index contributed by atoms with van der Waals surface area (Å²) in [6.45, 7) is 1.08. The standard InChI is InChI=1S/C12H15N3O3/c1-14-4-5-15(7-11(14)17)12(18)8-2-3-9(13)10(16)6-8/h2-3,6,16H,4-5,7,13H2,1H3. The number of carbonyl (C=O) groups excluding carboxylic acids is 2. The van der Waals surface area contributed by atoms with Gasteiger partial charge in [-0.1, -0.05) is 0 Å². The Kier molecular flexibility index (Phi) is 3.10. The van der Waals surface area contributed by atoms with Crippen LogP contribution < -0.4 is 5.73 Å². The van der Waals surface area contributed by atoms with Crippen LogP contribution in [-0.2, 0) is 4.79 Å². The Morgan fingerprint density at radius 2 is 2.11 bits per heavy atom. The average Bonchev–Trinajstić information content (AvgIpc) is 2.35.